The van der Waals surface area contributed by atoms with E-state index in [9.17, 15) is 5.11 Å². The lowest BCUT2D eigenvalue weighted by atomic mass is 10.1. The second kappa shape index (κ2) is 7.47. The van der Waals surface area contributed by atoms with Crippen LogP contribution in [0.3, 0.4) is 0 Å². The zero-order chi connectivity index (χ0) is 14.4. The van der Waals surface area contributed by atoms with Gasteiger partial charge in [0.15, 0.2) is 0 Å². The summed E-state index contributed by atoms with van der Waals surface area (Å²) in [6.45, 7) is 5.42. The highest BCUT2D eigenvalue weighted by molar-refractivity contribution is 5.41. The first-order chi connectivity index (χ1) is 9.69. The normalized spacial score (nSPS) is 21.6. The molecule has 1 aromatic carbocycles. The SMILES string of the molecule is CCC1COCCN1CC(O)COc1ccc(N)cc1. The van der Waals surface area contributed by atoms with Crippen molar-refractivity contribution in [3.05, 3.63) is 24.3 Å². The van der Waals surface area contributed by atoms with Gasteiger partial charge < -0.3 is 20.3 Å². The van der Waals surface area contributed by atoms with E-state index in [0.29, 0.717) is 18.3 Å². The van der Waals surface area contributed by atoms with E-state index < -0.39 is 6.10 Å². The zero-order valence-electron chi connectivity index (χ0n) is 12.0. The van der Waals surface area contributed by atoms with Crippen molar-refractivity contribution in [1.29, 1.82) is 0 Å². The Labute approximate surface area is 120 Å². The smallest absolute Gasteiger partial charge is 0.119 e. The minimum Gasteiger partial charge on any atom is -0.491 e. The molecule has 1 aromatic rings. The van der Waals surface area contributed by atoms with Crippen molar-refractivity contribution >= 4 is 5.69 Å². The summed E-state index contributed by atoms with van der Waals surface area (Å²) < 4.78 is 11.0. The summed E-state index contributed by atoms with van der Waals surface area (Å²) in [5.74, 6) is 0.729. The molecule has 0 radical (unpaired) electrons. The molecule has 2 rings (SSSR count). The summed E-state index contributed by atoms with van der Waals surface area (Å²) in [4.78, 5) is 2.28. The number of aliphatic hydroxyl groups is 1. The van der Waals surface area contributed by atoms with E-state index in [2.05, 4.69) is 11.8 Å². The van der Waals surface area contributed by atoms with E-state index >= 15 is 0 Å². The van der Waals surface area contributed by atoms with Crippen LogP contribution in [0.25, 0.3) is 0 Å². The van der Waals surface area contributed by atoms with E-state index in [1.54, 1.807) is 12.1 Å². The molecule has 20 heavy (non-hydrogen) atoms. The quantitative estimate of drug-likeness (QED) is 0.764. The average molecular weight is 280 g/mol. The van der Waals surface area contributed by atoms with Gasteiger partial charge in [0.25, 0.3) is 0 Å². The Hall–Kier alpha value is -1.30. The summed E-state index contributed by atoms with van der Waals surface area (Å²) >= 11 is 0. The minimum atomic E-state index is -0.500. The highest BCUT2D eigenvalue weighted by Crippen LogP contribution is 2.14. The molecule has 0 aliphatic carbocycles. The van der Waals surface area contributed by atoms with E-state index in [1.807, 2.05) is 12.1 Å². The molecule has 5 heteroatoms. The number of anilines is 1. The molecule has 1 saturated heterocycles. The molecule has 3 N–H and O–H groups in total. The van der Waals surface area contributed by atoms with Gasteiger partial charge in [-0.25, -0.2) is 0 Å². The molecule has 0 amide bonds. The van der Waals surface area contributed by atoms with Crippen molar-refractivity contribution in [1.82, 2.24) is 4.90 Å². The lowest BCUT2D eigenvalue weighted by molar-refractivity contribution is -0.0333. The molecule has 0 saturated carbocycles. The lowest BCUT2D eigenvalue weighted by Gasteiger charge is -2.36. The standard InChI is InChI=1S/C15H24N2O3/c1-2-13-10-19-8-7-17(13)9-14(18)11-20-15-5-3-12(16)4-6-15/h3-6,13-14,18H,2,7-11,16H2,1H3. The number of benzene rings is 1. The number of rotatable bonds is 6. The first-order valence-corrected chi connectivity index (χ1v) is 7.17. The van der Waals surface area contributed by atoms with Crippen molar-refractivity contribution in [2.45, 2.75) is 25.5 Å². The maximum absolute atomic E-state index is 10.1. The van der Waals surface area contributed by atoms with Crippen LogP contribution in [0.4, 0.5) is 5.69 Å². The van der Waals surface area contributed by atoms with Crippen LogP contribution in [0.2, 0.25) is 0 Å². The van der Waals surface area contributed by atoms with E-state index in [-0.39, 0.29) is 6.61 Å². The molecule has 2 atom stereocenters. The average Bonchev–Trinajstić information content (AvgIpc) is 2.47. The number of hydrogen-bond donors (Lipinski definition) is 2. The minimum absolute atomic E-state index is 0.289. The molecule has 0 bridgehead atoms. The Morgan fingerprint density at radius 1 is 1.45 bits per heavy atom. The fourth-order valence-electron chi connectivity index (χ4n) is 2.39. The van der Waals surface area contributed by atoms with Crippen molar-refractivity contribution in [3.8, 4) is 5.75 Å². The molecule has 112 valence electrons. The first-order valence-electron chi connectivity index (χ1n) is 7.17. The second-order valence-electron chi connectivity index (χ2n) is 5.17. The Kier molecular flexibility index (Phi) is 5.64. The van der Waals surface area contributed by atoms with Crippen molar-refractivity contribution in [3.63, 3.8) is 0 Å². The predicted octanol–water partition coefficient (Wildman–Crippen LogP) is 1.12. The van der Waals surface area contributed by atoms with Gasteiger partial charge >= 0.3 is 0 Å². The molecular weight excluding hydrogens is 256 g/mol. The van der Waals surface area contributed by atoms with Gasteiger partial charge in [0.2, 0.25) is 0 Å². The van der Waals surface area contributed by atoms with Gasteiger partial charge in [-0.3, -0.25) is 4.90 Å². The van der Waals surface area contributed by atoms with E-state index in [4.69, 9.17) is 15.2 Å². The molecule has 2 unspecified atom stereocenters. The molecule has 5 nitrogen and oxygen atoms in total. The van der Waals surface area contributed by atoms with E-state index in [0.717, 1.165) is 31.9 Å². The summed E-state index contributed by atoms with van der Waals surface area (Å²) in [6, 6.07) is 7.60. The summed E-state index contributed by atoms with van der Waals surface area (Å²) in [5.41, 5.74) is 6.32. The largest absolute Gasteiger partial charge is 0.491 e. The fraction of sp³-hybridized carbons (Fsp3) is 0.600. The number of morpholine rings is 1. The molecule has 1 aliphatic rings. The van der Waals surface area contributed by atoms with Gasteiger partial charge in [-0.1, -0.05) is 6.92 Å². The summed E-state index contributed by atoms with van der Waals surface area (Å²) in [6.07, 6.45) is 0.533. The third-order valence-electron chi connectivity index (χ3n) is 3.59. The zero-order valence-corrected chi connectivity index (χ0v) is 12.0. The highest BCUT2D eigenvalue weighted by atomic mass is 16.5. The molecule has 1 aliphatic heterocycles. The number of β-amino-alcohol motifs (C(OH)–C–C–N with tert-alkyl or cyclic N) is 1. The molecule has 0 spiro atoms. The van der Waals surface area contributed by atoms with Gasteiger partial charge in [0.1, 0.15) is 18.5 Å². The number of hydrogen-bond acceptors (Lipinski definition) is 5. The summed E-state index contributed by atoms with van der Waals surface area (Å²) in [5, 5.41) is 10.1. The van der Waals surface area contributed by atoms with Gasteiger partial charge in [-0.05, 0) is 30.7 Å². The Morgan fingerprint density at radius 2 is 2.20 bits per heavy atom. The highest BCUT2D eigenvalue weighted by Gasteiger charge is 2.23. The number of aliphatic hydroxyl groups excluding tert-OH is 1. The van der Waals surface area contributed by atoms with Gasteiger partial charge in [0, 0.05) is 24.8 Å². The predicted molar refractivity (Wildman–Crippen MR) is 78.8 cm³/mol. The van der Waals surface area contributed by atoms with Gasteiger partial charge in [0.05, 0.1) is 13.2 Å². The maximum Gasteiger partial charge on any atom is 0.119 e. The van der Waals surface area contributed by atoms with Crippen LogP contribution in [0, 0.1) is 0 Å². The maximum atomic E-state index is 10.1. The van der Waals surface area contributed by atoms with Crippen LogP contribution in [0.1, 0.15) is 13.3 Å². The third kappa shape index (κ3) is 4.37. The van der Waals surface area contributed by atoms with Crippen LogP contribution in [-0.4, -0.2) is 55.1 Å². The van der Waals surface area contributed by atoms with Gasteiger partial charge in [-0.2, -0.15) is 0 Å². The lowest BCUT2D eigenvalue weighted by Crippen LogP contribution is -2.49. The van der Waals surface area contributed by atoms with Crippen LogP contribution >= 0.6 is 0 Å². The van der Waals surface area contributed by atoms with Crippen molar-refractivity contribution in [2.24, 2.45) is 0 Å². The third-order valence-corrected chi connectivity index (χ3v) is 3.59. The van der Waals surface area contributed by atoms with Crippen molar-refractivity contribution in [2.75, 3.05) is 38.6 Å². The first kappa shape index (κ1) is 15.1. The van der Waals surface area contributed by atoms with Crippen LogP contribution in [0.15, 0.2) is 24.3 Å². The topological polar surface area (TPSA) is 68.0 Å². The number of nitrogen functional groups attached to an aromatic ring is 1. The Balaban J connectivity index is 1.76. The fourth-order valence-corrected chi connectivity index (χ4v) is 2.39. The second-order valence-corrected chi connectivity index (χ2v) is 5.17. The van der Waals surface area contributed by atoms with E-state index in [1.165, 1.54) is 0 Å². The number of nitrogens with zero attached hydrogens (tertiary/aromatic N) is 1. The number of ether oxygens (including phenoxy) is 2. The Morgan fingerprint density at radius 3 is 2.90 bits per heavy atom. The molecule has 0 aromatic heterocycles. The molecular formula is C15H24N2O3. The van der Waals surface area contributed by atoms with Crippen molar-refractivity contribution < 1.29 is 14.6 Å². The monoisotopic (exact) mass is 280 g/mol. The van der Waals surface area contributed by atoms with Crippen LogP contribution in [0.5, 0.6) is 5.75 Å². The number of nitrogens with two attached hydrogens (primary N) is 1. The molecule has 1 heterocycles. The van der Waals surface area contributed by atoms with Crippen LogP contribution in [-0.2, 0) is 4.74 Å². The molecule has 1 fully saturated rings. The van der Waals surface area contributed by atoms with Gasteiger partial charge in [-0.15, -0.1) is 0 Å². The van der Waals surface area contributed by atoms with Crippen LogP contribution < -0.4 is 10.5 Å². The Bertz CT molecular complexity index is 397. The summed E-state index contributed by atoms with van der Waals surface area (Å²) in [7, 11) is 0.